The molecule has 0 radical (unpaired) electrons. The van der Waals surface area contributed by atoms with E-state index in [9.17, 15) is 0 Å². The lowest BCUT2D eigenvalue weighted by molar-refractivity contribution is 1.32. The fraction of sp³-hybridized carbons (Fsp3) is 0. The Labute approximate surface area is 255 Å². The maximum absolute atomic E-state index is 5.13. The highest BCUT2D eigenvalue weighted by Crippen LogP contribution is 2.37. The van der Waals surface area contributed by atoms with Crippen LogP contribution in [0.4, 0.5) is 0 Å². The van der Waals surface area contributed by atoms with Crippen molar-refractivity contribution in [2.45, 2.75) is 0 Å². The zero-order valence-corrected chi connectivity index (χ0v) is 23.8. The van der Waals surface area contributed by atoms with Gasteiger partial charge in [0.05, 0.1) is 16.7 Å². The monoisotopic (exact) mass is 562 g/mol. The summed E-state index contributed by atoms with van der Waals surface area (Å²) in [5, 5.41) is 2.16. The Morgan fingerprint density at radius 3 is 1.66 bits per heavy atom. The predicted octanol–water partition coefficient (Wildman–Crippen LogP) is 9.91. The van der Waals surface area contributed by atoms with Crippen LogP contribution >= 0.6 is 0 Å². The zero-order valence-electron chi connectivity index (χ0n) is 23.8. The van der Waals surface area contributed by atoms with Crippen molar-refractivity contribution in [1.82, 2.24) is 19.9 Å². The lowest BCUT2D eigenvalue weighted by atomic mass is 9.92. The molecule has 0 aliphatic heterocycles. The number of hydrogen-bond donors (Lipinski definition) is 0. The SMILES string of the molecule is c1ccc(-c2cc(-c3ccc(-c4cc(-c5cccnc5)cc(-c5cccnc5)c4)cc3)c3ccc4cccnc4c3n2)cc1. The molecule has 0 amide bonds. The van der Waals surface area contributed by atoms with E-state index in [1.807, 2.05) is 42.9 Å². The van der Waals surface area contributed by atoms with E-state index in [1.54, 1.807) is 12.4 Å². The van der Waals surface area contributed by atoms with E-state index in [2.05, 4.69) is 113 Å². The number of hydrogen-bond acceptors (Lipinski definition) is 4. The first-order valence-corrected chi connectivity index (χ1v) is 14.6. The Bertz CT molecular complexity index is 2190. The van der Waals surface area contributed by atoms with Gasteiger partial charge >= 0.3 is 0 Å². The number of aromatic nitrogens is 4. The van der Waals surface area contributed by atoms with E-state index in [4.69, 9.17) is 9.97 Å². The largest absolute Gasteiger partial charge is 0.264 e. The minimum Gasteiger partial charge on any atom is -0.264 e. The van der Waals surface area contributed by atoms with Gasteiger partial charge in [0.25, 0.3) is 0 Å². The highest BCUT2D eigenvalue weighted by atomic mass is 14.8. The standard InChI is InChI=1S/C40H26N4/c1-2-7-29(8-3-1)38-24-37(36-17-16-30-9-6-20-43-39(30)40(36)44-38)28-14-12-27(13-15-28)33-21-34(31-10-4-18-41-25-31)23-35(22-33)32-11-5-19-42-26-32/h1-26H. The van der Waals surface area contributed by atoms with Crippen molar-refractivity contribution in [3.8, 4) is 55.8 Å². The van der Waals surface area contributed by atoms with Crippen LogP contribution in [-0.2, 0) is 0 Å². The molecule has 0 unspecified atom stereocenters. The van der Waals surface area contributed by atoms with Gasteiger partial charge in [0.1, 0.15) is 0 Å². The second-order valence-electron chi connectivity index (χ2n) is 10.8. The van der Waals surface area contributed by atoms with Crippen LogP contribution < -0.4 is 0 Å². The van der Waals surface area contributed by atoms with Crippen LogP contribution in [0.2, 0.25) is 0 Å². The Morgan fingerprint density at radius 1 is 0.386 bits per heavy atom. The molecule has 0 saturated heterocycles. The van der Waals surface area contributed by atoms with Crippen molar-refractivity contribution in [3.63, 3.8) is 0 Å². The lowest BCUT2D eigenvalue weighted by Crippen LogP contribution is -1.92. The smallest absolute Gasteiger partial charge is 0.0978 e. The van der Waals surface area contributed by atoms with Crippen LogP contribution in [0, 0.1) is 0 Å². The Kier molecular flexibility index (Phi) is 6.43. The number of nitrogens with zero attached hydrogens (tertiary/aromatic N) is 4. The molecular weight excluding hydrogens is 536 g/mol. The van der Waals surface area contributed by atoms with E-state index in [1.165, 1.54) is 0 Å². The topological polar surface area (TPSA) is 51.6 Å². The van der Waals surface area contributed by atoms with Crippen molar-refractivity contribution >= 4 is 21.8 Å². The molecule has 0 aliphatic carbocycles. The van der Waals surface area contributed by atoms with E-state index >= 15 is 0 Å². The van der Waals surface area contributed by atoms with Crippen molar-refractivity contribution in [2.75, 3.05) is 0 Å². The Hall–Kier alpha value is -6.00. The van der Waals surface area contributed by atoms with Crippen molar-refractivity contribution in [2.24, 2.45) is 0 Å². The van der Waals surface area contributed by atoms with Gasteiger partial charge in [0, 0.05) is 58.4 Å². The summed E-state index contributed by atoms with van der Waals surface area (Å²) in [4.78, 5) is 18.6. The maximum atomic E-state index is 5.13. The molecule has 0 spiro atoms. The summed E-state index contributed by atoms with van der Waals surface area (Å²) in [6.07, 6.45) is 9.27. The van der Waals surface area contributed by atoms with Gasteiger partial charge in [-0.15, -0.1) is 0 Å². The van der Waals surface area contributed by atoms with E-state index in [0.717, 1.165) is 77.6 Å². The molecule has 0 N–H and O–H groups in total. The summed E-state index contributed by atoms with van der Waals surface area (Å²) in [5.74, 6) is 0. The molecule has 0 aliphatic rings. The van der Waals surface area contributed by atoms with Gasteiger partial charge in [-0.05, 0) is 75.8 Å². The van der Waals surface area contributed by atoms with Crippen molar-refractivity contribution in [1.29, 1.82) is 0 Å². The molecule has 44 heavy (non-hydrogen) atoms. The molecule has 4 nitrogen and oxygen atoms in total. The summed E-state index contributed by atoms with van der Waals surface area (Å²) in [6.45, 7) is 0. The zero-order chi connectivity index (χ0) is 29.3. The van der Waals surface area contributed by atoms with E-state index in [0.29, 0.717) is 0 Å². The van der Waals surface area contributed by atoms with Crippen LogP contribution in [0.3, 0.4) is 0 Å². The highest BCUT2D eigenvalue weighted by molar-refractivity contribution is 6.09. The number of rotatable bonds is 5. The van der Waals surface area contributed by atoms with Crippen LogP contribution in [0.1, 0.15) is 0 Å². The van der Waals surface area contributed by atoms with E-state index in [-0.39, 0.29) is 0 Å². The van der Waals surface area contributed by atoms with Crippen molar-refractivity contribution in [3.05, 3.63) is 158 Å². The van der Waals surface area contributed by atoms with Crippen LogP contribution in [0.25, 0.3) is 77.6 Å². The minimum atomic E-state index is 0.911. The summed E-state index contributed by atoms with van der Waals surface area (Å²) in [7, 11) is 0. The molecule has 4 heteroatoms. The molecule has 8 aromatic rings. The first kappa shape index (κ1) is 25.7. The Morgan fingerprint density at radius 2 is 1.00 bits per heavy atom. The third-order valence-corrected chi connectivity index (χ3v) is 8.07. The quantitative estimate of drug-likeness (QED) is 0.196. The molecule has 0 saturated carbocycles. The van der Waals surface area contributed by atoms with Gasteiger partial charge in [-0.2, -0.15) is 0 Å². The lowest BCUT2D eigenvalue weighted by Gasteiger charge is -2.14. The normalized spacial score (nSPS) is 11.2. The summed E-state index contributed by atoms with van der Waals surface area (Å²) in [6, 6.07) is 44.6. The van der Waals surface area contributed by atoms with Crippen LogP contribution in [0.5, 0.6) is 0 Å². The van der Waals surface area contributed by atoms with Gasteiger partial charge in [-0.1, -0.05) is 84.9 Å². The molecule has 4 aromatic carbocycles. The first-order valence-electron chi connectivity index (χ1n) is 14.6. The summed E-state index contributed by atoms with van der Waals surface area (Å²) in [5.41, 5.74) is 12.8. The molecule has 4 heterocycles. The molecule has 4 aromatic heterocycles. The number of benzene rings is 4. The van der Waals surface area contributed by atoms with Gasteiger partial charge in [0.2, 0.25) is 0 Å². The number of fused-ring (bicyclic) bond motifs is 3. The molecule has 0 fully saturated rings. The highest BCUT2D eigenvalue weighted by Gasteiger charge is 2.14. The molecule has 206 valence electrons. The second kappa shape index (κ2) is 11.0. The van der Waals surface area contributed by atoms with Gasteiger partial charge in [0.15, 0.2) is 0 Å². The fourth-order valence-corrected chi connectivity index (χ4v) is 5.86. The van der Waals surface area contributed by atoms with Gasteiger partial charge < -0.3 is 0 Å². The Balaban J connectivity index is 1.27. The maximum Gasteiger partial charge on any atom is 0.0978 e. The van der Waals surface area contributed by atoms with Crippen LogP contribution in [0.15, 0.2) is 158 Å². The fourth-order valence-electron chi connectivity index (χ4n) is 5.86. The molecular formula is C40H26N4. The predicted molar refractivity (Wildman–Crippen MR) is 180 cm³/mol. The third-order valence-electron chi connectivity index (χ3n) is 8.07. The minimum absolute atomic E-state index is 0.911. The average molecular weight is 563 g/mol. The molecule has 8 rings (SSSR count). The molecule has 0 bridgehead atoms. The van der Waals surface area contributed by atoms with Crippen molar-refractivity contribution < 1.29 is 0 Å². The number of pyridine rings is 4. The second-order valence-corrected chi connectivity index (χ2v) is 10.8. The summed E-state index contributed by atoms with van der Waals surface area (Å²) < 4.78 is 0. The van der Waals surface area contributed by atoms with Gasteiger partial charge in [-0.25, -0.2) is 4.98 Å². The average Bonchev–Trinajstić information content (AvgIpc) is 3.12. The van der Waals surface area contributed by atoms with Gasteiger partial charge in [-0.3, -0.25) is 15.0 Å². The van der Waals surface area contributed by atoms with Crippen LogP contribution in [-0.4, -0.2) is 19.9 Å². The van der Waals surface area contributed by atoms with E-state index < -0.39 is 0 Å². The first-order chi connectivity index (χ1) is 21.8. The third kappa shape index (κ3) is 4.79. The molecule has 0 atom stereocenters. The summed E-state index contributed by atoms with van der Waals surface area (Å²) >= 11 is 0.